The Bertz CT molecular complexity index is 1230. The largest absolute Gasteiger partial charge is 0.507 e. The Morgan fingerprint density at radius 3 is 2.48 bits per heavy atom. The summed E-state index contributed by atoms with van der Waals surface area (Å²) < 4.78 is 5.71. The van der Waals surface area contributed by atoms with Gasteiger partial charge in [0.05, 0.1) is 12.2 Å². The molecule has 0 saturated carbocycles. The van der Waals surface area contributed by atoms with E-state index in [1.165, 1.54) is 16.2 Å². The minimum atomic E-state index is -0.750. The van der Waals surface area contributed by atoms with Crippen molar-refractivity contribution in [1.82, 2.24) is 0 Å². The van der Waals surface area contributed by atoms with Gasteiger partial charge in [-0.05, 0) is 72.3 Å². The fourth-order valence-corrected chi connectivity index (χ4v) is 4.97. The van der Waals surface area contributed by atoms with Crippen LogP contribution >= 0.6 is 22.9 Å². The number of ketones is 1. The number of benzene rings is 2. The van der Waals surface area contributed by atoms with Crippen LogP contribution in [0.4, 0.5) is 5.69 Å². The Hall–Kier alpha value is -3.09. The molecule has 1 amide bonds. The molecular weight excluding hydrogens is 458 g/mol. The number of carbonyl (C=O) groups is 2. The first-order valence-electron chi connectivity index (χ1n) is 10.6. The van der Waals surface area contributed by atoms with Gasteiger partial charge in [-0.25, -0.2) is 0 Å². The molecule has 0 bridgehead atoms. The molecular formula is C26H24ClNO4S. The monoisotopic (exact) mass is 481 g/mol. The maximum absolute atomic E-state index is 13.2. The van der Waals surface area contributed by atoms with Crippen LogP contribution < -0.4 is 9.64 Å². The number of hydrogen-bond acceptors (Lipinski definition) is 5. The molecule has 170 valence electrons. The number of aliphatic hydroxyl groups is 1. The number of rotatable bonds is 6. The van der Waals surface area contributed by atoms with E-state index in [1.54, 1.807) is 48.5 Å². The van der Waals surface area contributed by atoms with E-state index in [0.29, 0.717) is 34.5 Å². The summed E-state index contributed by atoms with van der Waals surface area (Å²) in [6, 6.07) is 14.9. The van der Waals surface area contributed by atoms with E-state index in [-0.39, 0.29) is 11.3 Å². The van der Waals surface area contributed by atoms with Gasteiger partial charge in [-0.15, -0.1) is 11.3 Å². The van der Waals surface area contributed by atoms with Crippen LogP contribution in [0.2, 0.25) is 5.02 Å². The summed E-state index contributed by atoms with van der Waals surface area (Å²) in [5, 5.41) is 13.6. The van der Waals surface area contributed by atoms with E-state index in [2.05, 4.69) is 13.8 Å². The Morgan fingerprint density at radius 1 is 1.15 bits per heavy atom. The summed E-state index contributed by atoms with van der Waals surface area (Å²) in [6.45, 7) is 6.62. The quantitative estimate of drug-likeness (QED) is 0.252. The maximum Gasteiger partial charge on any atom is 0.300 e. The van der Waals surface area contributed by atoms with E-state index in [1.807, 2.05) is 18.4 Å². The molecule has 2 heterocycles. The molecule has 1 aromatic heterocycles. The van der Waals surface area contributed by atoms with Crippen molar-refractivity contribution in [2.24, 2.45) is 5.92 Å². The number of aliphatic hydroxyl groups excluding tert-OH is 1. The van der Waals surface area contributed by atoms with Crippen molar-refractivity contribution >= 4 is 46.1 Å². The van der Waals surface area contributed by atoms with Gasteiger partial charge in [0.25, 0.3) is 11.7 Å². The summed E-state index contributed by atoms with van der Waals surface area (Å²) in [5.41, 5.74) is 1.93. The zero-order valence-electron chi connectivity index (χ0n) is 18.5. The average Bonchev–Trinajstić information content (AvgIpc) is 3.32. The molecule has 5 nitrogen and oxygen atoms in total. The lowest BCUT2D eigenvalue weighted by molar-refractivity contribution is -0.132. The predicted molar refractivity (Wildman–Crippen MR) is 132 cm³/mol. The number of Topliss-reactive ketones (excluding diaryl/α,β-unsaturated/α-hetero) is 1. The van der Waals surface area contributed by atoms with Gasteiger partial charge in [0.15, 0.2) is 0 Å². The number of ether oxygens (including phenoxy) is 1. The Labute approximate surface area is 201 Å². The van der Waals surface area contributed by atoms with E-state index in [9.17, 15) is 14.7 Å². The molecule has 4 rings (SSSR count). The van der Waals surface area contributed by atoms with Crippen LogP contribution in [0.25, 0.3) is 5.76 Å². The topological polar surface area (TPSA) is 66.8 Å². The van der Waals surface area contributed by atoms with Gasteiger partial charge < -0.3 is 9.84 Å². The molecule has 3 aromatic rings. The Kier molecular flexibility index (Phi) is 6.58. The van der Waals surface area contributed by atoms with E-state index in [0.717, 1.165) is 10.4 Å². The zero-order valence-corrected chi connectivity index (χ0v) is 20.1. The highest BCUT2D eigenvalue weighted by atomic mass is 35.5. The SMILES string of the molecule is Cc1ccsc1C1/C(=C(/O)c2ccc(OCC(C)C)cc2)C(=O)C(=O)N1c1cccc(Cl)c1. The van der Waals surface area contributed by atoms with Gasteiger partial charge in [-0.2, -0.15) is 0 Å². The maximum atomic E-state index is 13.2. The number of amides is 1. The second kappa shape index (κ2) is 9.41. The minimum Gasteiger partial charge on any atom is -0.507 e. The number of carbonyl (C=O) groups excluding carboxylic acids is 2. The zero-order chi connectivity index (χ0) is 23.7. The first kappa shape index (κ1) is 23.1. The first-order chi connectivity index (χ1) is 15.8. The van der Waals surface area contributed by atoms with Crippen LogP contribution in [0, 0.1) is 12.8 Å². The summed E-state index contributed by atoms with van der Waals surface area (Å²) in [7, 11) is 0. The van der Waals surface area contributed by atoms with Crippen LogP contribution in [0.3, 0.4) is 0 Å². The third-order valence-electron chi connectivity index (χ3n) is 5.39. The van der Waals surface area contributed by atoms with Crippen molar-refractivity contribution < 1.29 is 19.4 Å². The second-order valence-electron chi connectivity index (χ2n) is 8.35. The molecule has 1 atom stereocenters. The molecule has 2 aromatic carbocycles. The highest BCUT2D eigenvalue weighted by Gasteiger charge is 2.47. The molecule has 1 N–H and O–H groups in total. The lowest BCUT2D eigenvalue weighted by atomic mass is 9.98. The number of aryl methyl sites for hydroxylation is 1. The number of anilines is 1. The van der Waals surface area contributed by atoms with E-state index < -0.39 is 17.7 Å². The van der Waals surface area contributed by atoms with Crippen molar-refractivity contribution in [3.63, 3.8) is 0 Å². The smallest absolute Gasteiger partial charge is 0.300 e. The highest BCUT2D eigenvalue weighted by molar-refractivity contribution is 7.10. The first-order valence-corrected chi connectivity index (χ1v) is 11.9. The summed E-state index contributed by atoms with van der Waals surface area (Å²) in [4.78, 5) is 28.6. The van der Waals surface area contributed by atoms with Gasteiger partial charge in [-0.3, -0.25) is 14.5 Å². The van der Waals surface area contributed by atoms with Crippen LogP contribution in [0.1, 0.15) is 35.9 Å². The van der Waals surface area contributed by atoms with Crippen LogP contribution in [0.15, 0.2) is 65.6 Å². The van der Waals surface area contributed by atoms with Gasteiger partial charge in [-0.1, -0.05) is 31.5 Å². The molecule has 7 heteroatoms. The van der Waals surface area contributed by atoms with Crippen molar-refractivity contribution in [1.29, 1.82) is 0 Å². The molecule has 1 fully saturated rings. The third kappa shape index (κ3) is 4.54. The normalized spacial score (nSPS) is 17.7. The van der Waals surface area contributed by atoms with Gasteiger partial charge in [0.2, 0.25) is 0 Å². The van der Waals surface area contributed by atoms with Gasteiger partial charge in [0.1, 0.15) is 17.6 Å². The van der Waals surface area contributed by atoms with Crippen molar-refractivity contribution in [2.75, 3.05) is 11.5 Å². The molecule has 0 spiro atoms. The molecule has 0 aliphatic carbocycles. The van der Waals surface area contributed by atoms with Crippen LogP contribution in [-0.4, -0.2) is 23.4 Å². The van der Waals surface area contributed by atoms with E-state index in [4.69, 9.17) is 16.3 Å². The second-order valence-corrected chi connectivity index (χ2v) is 9.73. The van der Waals surface area contributed by atoms with E-state index >= 15 is 0 Å². The van der Waals surface area contributed by atoms with Gasteiger partial charge >= 0.3 is 0 Å². The molecule has 1 aliphatic heterocycles. The predicted octanol–water partition coefficient (Wildman–Crippen LogP) is 6.37. The standard InChI is InChI=1S/C26H24ClNO4S/c1-15(2)14-32-20-9-7-17(8-10-20)23(29)21-22(25-16(3)11-12-33-25)28(26(31)24(21)30)19-6-4-5-18(27)13-19/h4-13,15,22,29H,14H2,1-3H3/b23-21-. The molecule has 33 heavy (non-hydrogen) atoms. The number of thiophene rings is 1. The van der Waals surface area contributed by atoms with Crippen LogP contribution in [-0.2, 0) is 9.59 Å². The third-order valence-corrected chi connectivity index (χ3v) is 6.70. The molecule has 1 aliphatic rings. The van der Waals surface area contributed by atoms with Crippen molar-refractivity contribution in [2.45, 2.75) is 26.8 Å². The summed E-state index contributed by atoms with van der Waals surface area (Å²) in [5.74, 6) is -0.593. The Balaban J connectivity index is 1.81. The van der Waals surface area contributed by atoms with Crippen LogP contribution in [0.5, 0.6) is 5.75 Å². The number of halogens is 1. The number of hydrogen-bond donors (Lipinski definition) is 1. The summed E-state index contributed by atoms with van der Waals surface area (Å²) >= 11 is 7.61. The Morgan fingerprint density at radius 2 is 1.88 bits per heavy atom. The van der Waals surface area contributed by atoms with Gasteiger partial charge in [0, 0.05) is 21.2 Å². The highest BCUT2D eigenvalue weighted by Crippen LogP contribution is 2.45. The lowest BCUT2D eigenvalue weighted by Gasteiger charge is -2.25. The lowest BCUT2D eigenvalue weighted by Crippen LogP contribution is -2.29. The fraction of sp³-hybridized carbons (Fsp3) is 0.231. The minimum absolute atomic E-state index is 0.0568. The van der Waals surface area contributed by atoms with Crippen molar-refractivity contribution in [3.8, 4) is 5.75 Å². The number of nitrogens with zero attached hydrogens (tertiary/aromatic N) is 1. The molecule has 0 radical (unpaired) electrons. The molecule has 1 saturated heterocycles. The fourth-order valence-electron chi connectivity index (χ4n) is 3.76. The molecule has 1 unspecified atom stereocenters. The van der Waals surface area contributed by atoms with Crippen molar-refractivity contribution in [3.05, 3.63) is 86.6 Å². The summed E-state index contributed by atoms with van der Waals surface area (Å²) in [6.07, 6.45) is 0. The average molecular weight is 482 g/mol.